The van der Waals surface area contributed by atoms with E-state index in [9.17, 15) is 4.79 Å². The average Bonchev–Trinajstić information content (AvgIpc) is 2.99. The molecule has 22 heavy (non-hydrogen) atoms. The van der Waals surface area contributed by atoms with E-state index < -0.39 is 0 Å². The minimum absolute atomic E-state index is 0.00309. The van der Waals surface area contributed by atoms with E-state index in [-0.39, 0.29) is 12.8 Å². The lowest BCUT2D eigenvalue weighted by Gasteiger charge is -2.21. The molecule has 0 saturated carbocycles. The number of fused-ring (bicyclic) bond motifs is 1. The number of ether oxygens (including phenoxy) is 2. The maximum absolute atomic E-state index is 12.2. The van der Waals surface area contributed by atoms with Gasteiger partial charge in [0, 0.05) is 19.6 Å². The largest absolute Gasteiger partial charge is 0.454 e. The number of unbranched alkanes of at least 4 members (excludes halogenated alkanes) is 3. The maximum atomic E-state index is 12.2. The molecule has 1 aromatic rings. The van der Waals surface area contributed by atoms with Crippen molar-refractivity contribution < 1.29 is 14.3 Å². The van der Waals surface area contributed by atoms with Gasteiger partial charge in [-0.15, -0.1) is 0 Å². The SMILES string of the molecule is CCCCCCNC(=O)N(CC)Cc1ccc2c(c1)OCO2. The number of hydrogen-bond donors (Lipinski definition) is 1. The summed E-state index contributed by atoms with van der Waals surface area (Å²) in [7, 11) is 0. The Morgan fingerprint density at radius 2 is 2.00 bits per heavy atom. The molecule has 0 aromatic heterocycles. The zero-order chi connectivity index (χ0) is 15.8. The van der Waals surface area contributed by atoms with Crippen LogP contribution < -0.4 is 14.8 Å². The number of urea groups is 1. The third-order valence-corrected chi connectivity index (χ3v) is 3.79. The molecule has 0 fully saturated rings. The Hall–Kier alpha value is -1.91. The molecule has 0 bridgehead atoms. The minimum atomic E-state index is -0.00309. The molecule has 0 saturated heterocycles. The van der Waals surface area contributed by atoms with Crippen molar-refractivity contribution in [2.24, 2.45) is 0 Å². The van der Waals surface area contributed by atoms with Crippen LogP contribution in [0.25, 0.3) is 0 Å². The van der Waals surface area contributed by atoms with Crippen LogP contribution in [0.1, 0.15) is 45.1 Å². The number of nitrogens with one attached hydrogen (secondary N) is 1. The monoisotopic (exact) mass is 306 g/mol. The molecule has 0 spiro atoms. The fourth-order valence-corrected chi connectivity index (χ4v) is 2.45. The molecule has 0 aliphatic carbocycles. The van der Waals surface area contributed by atoms with Crippen LogP contribution in [0.5, 0.6) is 11.5 Å². The second kappa shape index (κ2) is 8.51. The predicted octanol–water partition coefficient (Wildman–Crippen LogP) is 3.53. The average molecular weight is 306 g/mol. The smallest absolute Gasteiger partial charge is 0.317 e. The van der Waals surface area contributed by atoms with Gasteiger partial charge in [-0.05, 0) is 31.0 Å². The summed E-state index contributed by atoms with van der Waals surface area (Å²) in [5.41, 5.74) is 1.05. The molecule has 1 aliphatic heterocycles. The highest BCUT2D eigenvalue weighted by atomic mass is 16.7. The summed E-state index contributed by atoms with van der Waals surface area (Å²) in [4.78, 5) is 14.0. The molecule has 122 valence electrons. The van der Waals surface area contributed by atoms with Crippen molar-refractivity contribution in [3.05, 3.63) is 23.8 Å². The van der Waals surface area contributed by atoms with Crippen LogP contribution in [0.3, 0.4) is 0 Å². The number of nitrogens with zero attached hydrogens (tertiary/aromatic N) is 1. The van der Waals surface area contributed by atoms with E-state index in [1.54, 1.807) is 4.90 Å². The highest BCUT2D eigenvalue weighted by molar-refractivity contribution is 5.74. The molecular formula is C17H26N2O3. The van der Waals surface area contributed by atoms with Crippen LogP contribution in [0, 0.1) is 0 Å². The Balaban J connectivity index is 1.82. The Labute approximate surface area is 132 Å². The van der Waals surface area contributed by atoms with Gasteiger partial charge in [0.05, 0.1) is 0 Å². The molecule has 2 rings (SSSR count). The van der Waals surface area contributed by atoms with Gasteiger partial charge in [-0.1, -0.05) is 32.3 Å². The highest BCUT2D eigenvalue weighted by Gasteiger charge is 2.16. The minimum Gasteiger partial charge on any atom is -0.454 e. The number of carbonyl (C=O) groups is 1. The molecule has 0 radical (unpaired) electrons. The van der Waals surface area contributed by atoms with Crippen molar-refractivity contribution in [3.63, 3.8) is 0 Å². The van der Waals surface area contributed by atoms with Crippen molar-refractivity contribution in [1.29, 1.82) is 0 Å². The van der Waals surface area contributed by atoms with Gasteiger partial charge in [-0.25, -0.2) is 4.79 Å². The van der Waals surface area contributed by atoms with Gasteiger partial charge in [0.15, 0.2) is 11.5 Å². The highest BCUT2D eigenvalue weighted by Crippen LogP contribution is 2.32. The lowest BCUT2D eigenvalue weighted by molar-refractivity contribution is 0.173. The number of amides is 2. The molecule has 1 N–H and O–H groups in total. The van der Waals surface area contributed by atoms with Gasteiger partial charge >= 0.3 is 6.03 Å². The first-order chi connectivity index (χ1) is 10.7. The fourth-order valence-electron chi connectivity index (χ4n) is 2.45. The van der Waals surface area contributed by atoms with E-state index >= 15 is 0 Å². The third-order valence-electron chi connectivity index (χ3n) is 3.79. The molecule has 0 atom stereocenters. The quantitative estimate of drug-likeness (QED) is 0.748. The summed E-state index contributed by atoms with van der Waals surface area (Å²) >= 11 is 0. The summed E-state index contributed by atoms with van der Waals surface area (Å²) < 4.78 is 10.7. The topological polar surface area (TPSA) is 50.8 Å². The molecule has 1 heterocycles. The van der Waals surface area contributed by atoms with Crippen LogP contribution in [0.15, 0.2) is 18.2 Å². The van der Waals surface area contributed by atoms with Gasteiger partial charge in [0.2, 0.25) is 6.79 Å². The van der Waals surface area contributed by atoms with E-state index in [0.29, 0.717) is 13.1 Å². The predicted molar refractivity (Wildman–Crippen MR) is 86.2 cm³/mol. The van der Waals surface area contributed by atoms with Crippen molar-refractivity contribution in [2.45, 2.75) is 46.1 Å². The van der Waals surface area contributed by atoms with Gasteiger partial charge in [0.1, 0.15) is 0 Å². The molecule has 2 amide bonds. The van der Waals surface area contributed by atoms with E-state index in [0.717, 1.165) is 30.0 Å². The third kappa shape index (κ3) is 4.55. The van der Waals surface area contributed by atoms with Crippen LogP contribution in [0.2, 0.25) is 0 Å². The van der Waals surface area contributed by atoms with Crippen molar-refractivity contribution in [3.8, 4) is 11.5 Å². The first kappa shape index (κ1) is 16.5. The van der Waals surface area contributed by atoms with Crippen LogP contribution in [-0.4, -0.2) is 30.8 Å². The first-order valence-corrected chi connectivity index (χ1v) is 8.16. The second-order valence-electron chi connectivity index (χ2n) is 5.49. The van der Waals surface area contributed by atoms with Crippen molar-refractivity contribution in [2.75, 3.05) is 19.9 Å². The normalized spacial score (nSPS) is 12.3. The Bertz CT molecular complexity index is 491. The second-order valence-corrected chi connectivity index (χ2v) is 5.49. The van der Waals surface area contributed by atoms with Crippen molar-refractivity contribution in [1.82, 2.24) is 10.2 Å². The summed E-state index contributed by atoms with van der Waals surface area (Å²) in [5.74, 6) is 1.53. The van der Waals surface area contributed by atoms with Crippen LogP contribution >= 0.6 is 0 Å². The zero-order valence-corrected chi connectivity index (χ0v) is 13.6. The van der Waals surface area contributed by atoms with E-state index in [1.807, 2.05) is 25.1 Å². The Morgan fingerprint density at radius 3 is 2.77 bits per heavy atom. The summed E-state index contributed by atoms with van der Waals surface area (Å²) in [6.45, 7) is 6.45. The van der Waals surface area contributed by atoms with E-state index in [4.69, 9.17) is 9.47 Å². The fraction of sp³-hybridized carbons (Fsp3) is 0.588. The van der Waals surface area contributed by atoms with Gasteiger partial charge < -0.3 is 19.7 Å². The first-order valence-electron chi connectivity index (χ1n) is 8.16. The van der Waals surface area contributed by atoms with Gasteiger partial charge in [-0.3, -0.25) is 0 Å². The number of carbonyl (C=O) groups excluding carboxylic acids is 1. The zero-order valence-electron chi connectivity index (χ0n) is 13.6. The molecule has 5 nitrogen and oxygen atoms in total. The van der Waals surface area contributed by atoms with Gasteiger partial charge in [-0.2, -0.15) is 0 Å². The molecule has 1 aromatic carbocycles. The van der Waals surface area contributed by atoms with E-state index in [1.165, 1.54) is 19.3 Å². The van der Waals surface area contributed by atoms with Crippen LogP contribution in [-0.2, 0) is 6.54 Å². The number of hydrogen-bond acceptors (Lipinski definition) is 3. The molecular weight excluding hydrogens is 280 g/mol. The lowest BCUT2D eigenvalue weighted by atomic mass is 10.2. The standard InChI is InChI=1S/C17H26N2O3/c1-3-5-6-7-10-18-17(20)19(4-2)12-14-8-9-15-16(11-14)22-13-21-15/h8-9,11H,3-7,10,12-13H2,1-2H3,(H,18,20). The molecule has 5 heteroatoms. The number of rotatable bonds is 8. The maximum Gasteiger partial charge on any atom is 0.317 e. The van der Waals surface area contributed by atoms with Crippen LogP contribution in [0.4, 0.5) is 4.79 Å². The molecule has 0 unspecified atom stereocenters. The Morgan fingerprint density at radius 1 is 1.18 bits per heavy atom. The van der Waals surface area contributed by atoms with E-state index in [2.05, 4.69) is 12.2 Å². The summed E-state index contributed by atoms with van der Waals surface area (Å²) in [6.07, 6.45) is 4.65. The van der Waals surface area contributed by atoms with Crippen molar-refractivity contribution >= 4 is 6.03 Å². The summed E-state index contributed by atoms with van der Waals surface area (Å²) in [5, 5.41) is 3.00. The lowest BCUT2D eigenvalue weighted by Crippen LogP contribution is -2.39. The van der Waals surface area contributed by atoms with Gasteiger partial charge in [0.25, 0.3) is 0 Å². The summed E-state index contributed by atoms with van der Waals surface area (Å²) in [6, 6.07) is 5.81. The Kier molecular flexibility index (Phi) is 6.37. The molecule has 1 aliphatic rings. The number of benzene rings is 1.